The Balaban J connectivity index is -0.00000902. The van der Waals surface area contributed by atoms with Crippen LogP contribution in [0.4, 0.5) is 0 Å². The zero-order chi connectivity index (χ0) is 47.0. The van der Waals surface area contributed by atoms with E-state index >= 15 is 0 Å². The topological polar surface area (TPSA) is 0 Å². The van der Waals surface area contributed by atoms with E-state index in [1.807, 2.05) is 391 Å². The lowest BCUT2D eigenvalue weighted by Gasteiger charge is -1.41. The first-order chi connectivity index (χ1) is 31.9. The smallest absolute Gasteiger partial charge is 0 e. The number of hydrogen-bond donors (Lipinski definition) is 0. The van der Waals surface area contributed by atoms with E-state index in [0.29, 0.717) is 0 Å². The predicted molar refractivity (Wildman–Crippen MR) is 464 cm³/mol. The normalized spacial score (nSPS) is 7.44. The van der Waals surface area contributed by atoms with Gasteiger partial charge < -0.3 is 0 Å². The molecule has 0 rings (SSSR count). The van der Waals surface area contributed by atoms with E-state index in [9.17, 15) is 0 Å². The van der Waals surface area contributed by atoms with Crippen LogP contribution < -0.4 is 0 Å². The molecule has 0 saturated carbocycles. The van der Waals surface area contributed by atoms with Crippen LogP contribution >= 0.6 is 0 Å². The van der Waals surface area contributed by atoms with Gasteiger partial charge in [0.15, 0.2) is 0 Å². The SMILES string of the molecule is C=C.C=C.S=S=S=S=S=S=S=S=S=S=S=S=S=S=S=S=S=S=S=S=S=S=S=S=S=S=S=S=S=S=S=S=S=S=S=S=S=S=S=S=S=S=S=S=S=S=S=S=S=S=S=S=S=S=S=S=S=S=S=S. The fourth-order valence-electron chi connectivity index (χ4n) is 0.635. The third-order valence-electron chi connectivity index (χ3n) is 1.58. The zero-order valence-electron chi connectivity index (χ0n) is 27.3. The Labute approximate surface area is 547 Å². The fraction of sp³-hybridized carbons (Fsp3) is 0. The third kappa shape index (κ3) is 83.5. The van der Waals surface area contributed by atoms with Crippen molar-refractivity contribution in [1.82, 2.24) is 0 Å². The van der Waals surface area contributed by atoms with Gasteiger partial charge in [-0.3, -0.25) is 0 Å². The molecule has 0 aliphatic heterocycles. The molecule has 0 radical (unpaired) electrons. The maximum Gasteiger partial charge on any atom is 0 e. The third-order valence-corrected chi connectivity index (χ3v) is 128. The van der Waals surface area contributed by atoms with Gasteiger partial charge in [0.05, 0.1) is 0 Å². The number of rotatable bonds is 0. The van der Waals surface area contributed by atoms with E-state index in [-0.39, 0.29) is 0 Å². The highest BCUT2D eigenvalue weighted by Crippen LogP contribution is 1.46. The molecule has 0 fully saturated rings. The van der Waals surface area contributed by atoms with Crippen LogP contribution in [0.15, 0.2) is 26.3 Å². The molecule has 0 aromatic rings. The average Bonchev–Trinajstić information content (AvgIpc) is 3.32. The van der Waals surface area contributed by atoms with Gasteiger partial charge in [-0.2, -0.15) is 0 Å². The van der Waals surface area contributed by atoms with Gasteiger partial charge in [-0.05, 0) is 0 Å². The minimum absolute atomic E-state index is 1.37. The first-order valence-electron chi connectivity index (χ1n) is 10.8. The molecular formula is C4H8S60. The van der Waals surface area contributed by atoms with Crippen LogP contribution in [0.5, 0.6) is 0 Å². The maximum absolute atomic E-state index is 4.82. The van der Waals surface area contributed by atoms with Crippen molar-refractivity contribution in [3.05, 3.63) is 26.3 Å². The van der Waals surface area contributed by atoms with Crippen molar-refractivity contribution in [3.8, 4) is 0 Å². The summed E-state index contributed by atoms with van der Waals surface area (Å²) in [5.74, 6) is 0. The highest BCUT2D eigenvalue weighted by atomic mass is 33.5. The lowest BCUT2D eigenvalue weighted by Crippen LogP contribution is -1.41. The molecule has 0 amide bonds. The van der Waals surface area contributed by atoms with Gasteiger partial charge in [-0.25, -0.2) is 0 Å². The Morgan fingerprint density at radius 1 is 0.109 bits per heavy atom. The Morgan fingerprint density at radius 2 is 0.156 bits per heavy atom. The van der Waals surface area contributed by atoms with Gasteiger partial charge in [0.1, 0.15) is 0 Å². The lowest BCUT2D eigenvalue weighted by atomic mass is 11.3. The maximum atomic E-state index is 4.82. The molecule has 0 unspecified atom stereocenters. The molecule has 0 aliphatic carbocycles. The predicted octanol–water partition coefficient (Wildman–Crippen LogP) is 1.46. The standard InChI is InChI=1S/2C2H4.S60/c2*1-2;1-3-5-7-9-11-13-15-17-19-21-23-25-27-29-31-33-35-37-39-41-43-45-47-49-51-53-55-57-59-60-58-56-54-52-50-48-46-44-42-40-38-36-34-32-30-28-26-24-22-20-18-16-14-12-10-8-6-4-2/h2*1-2H2;. The van der Waals surface area contributed by atoms with Gasteiger partial charge in [0.25, 0.3) is 0 Å². The molecule has 0 nitrogen and oxygen atoms in total. The quantitative estimate of drug-likeness (QED) is 0.338. The van der Waals surface area contributed by atoms with E-state index in [4.69, 9.17) is 22.4 Å². The Kier molecular flexibility index (Phi) is 107. The van der Waals surface area contributed by atoms with Gasteiger partial charge in [0, 0.05) is 537 Å². The minimum atomic E-state index is 1.37. The van der Waals surface area contributed by atoms with Crippen molar-refractivity contribution < 1.29 is 0 Å². The van der Waals surface area contributed by atoms with Crippen LogP contribution in [-0.2, 0) is 537 Å². The summed E-state index contributed by atoms with van der Waals surface area (Å²) in [7, 11) is 104. The van der Waals surface area contributed by atoms with E-state index in [1.165, 1.54) is 17.8 Å². The molecule has 0 spiro atoms. The number of hydrogen-bond acceptors (Lipinski definition) is 2. The van der Waals surface area contributed by atoms with E-state index in [2.05, 4.69) is 26.3 Å². The fourth-order valence-corrected chi connectivity index (χ4v) is 154. The Bertz CT molecular complexity index is 4070. The largest absolute Gasteiger partial charge is 0.106 e. The minimum Gasteiger partial charge on any atom is -0.106 e. The van der Waals surface area contributed by atoms with Gasteiger partial charge in [-0.15, -0.1) is 26.3 Å². The van der Waals surface area contributed by atoms with Crippen molar-refractivity contribution in [1.29, 1.82) is 0 Å². The summed E-state index contributed by atoms with van der Waals surface area (Å²) in [4.78, 5) is 0. The molecule has 0 saturated heterocycles. The van der Waals surface area contributed by atoms with Crippen LogP contribution in [0.1, 0.15) is 0 Å². The summed E-state index contributed by atoms with van der Waals surface area (Å²) in [6, 6.07) is 0. The molecule has 0 aliphatic rings. The van der Waals surface area contributed by atoms with Gasteiger partial charge >= 0.3 is 0 Å². The molecular weight excluding hydrogens is 1970 g/mol. The van der Waals surface area contributed by atoms with Gasteiger partial charge in [0.2, 0.25) is 0 Å². The molecule has 0 bridgehead atoms. The summed E-state index contributed by atoms with van der Waals surface area (Å²) >= 11 is 9.64. The van der Waals surface area contributed by atoms with E-state index in [1.54, 1.807) is 107 Å². The molecule has 0 atom stereocenters. The average molecular weight is 1980 g/mol. The van der Waals surface area contributed by atoms with Crippen LogP contribution in [0.25, 0.3) is 0 Å². The van der Waals surface area contributed by atoms with Crippen LogP contribution in [0.2, 0.25) is 0 Å². The van der Waals surface area contributed by atoms with Crippen molar-refractivity contribution in [3.63, 3.8) is 0 Å². The molecule has 0 aromatic heterocycles. The van der Waals surface area contributed by atoms with Crippen LogP contribution in [0.3, 0.4) is 0 Å². The molecule has 0 N–H and O–H groups in total. The molecule has 0 heterocycles. The first-order valence-corrected chi connectivity index (χ1v) is 89.5. The first kappa shape index (κ1) is 80.9. The second-order valence-corrected chi connectivity index (χ2v) is 107. The summed E-state index contributed by atoms with van der Waals surface area (Å²) in [5, 5.41) is 0. The van der Waals surface area contributed by atoms with E-state index < -0.39 is 0 Å². The zero-order valence-corrected chi connectivity index (χ0v) is 76.3. The molecule has 64 heavy (non-hydrogen) atoms. The van der Waals surface area contributed by atoms with Crippen molar-refractivity contribution in [2.24, 2.45) is 0 Å². The van der Waals surface area contributed by atoms with E-state index in [0.717, 1.165) is 0 Å². The van der Waals surface area contributed by atoms with Crippen molar-refractivity contribution in [2.45, 2.75) is 0 Å². The van der Waals surface area contributed by atoms with Crippen molar-refractivity contribution >= 4 is 537 Å². The summed E-state index contributed by atoms with van der Waals surface area (Å²) in [5.41, 5.74) is 0. The van der Waals surface area contributed by atoms with Crippen LogP contribution in [0, 0.1) is 0 Å². The second kappa shape index (κ2) is 84.5. The molecule has 60 heteroatoms. The summed E-state index contributed by atoms with van der Waals surface area (Å²) < 4.78 is 0. The van der Waals surface area contributed by atoms with Crippen molar-refractivity contribution in [2.75, 3.05) is 0 Å². The Morgan fingerprint density at radius 3 is 0.203 bits per heavy atom. The lowest BCUT2D eigenvalue weighted by molar-refractivity contribution is 2.81. The summed E-state index contributed by atoms with van der Waals surface area (Å²) in [6.45, 7) is 12.0. The summed E-state index contributed by atoms with van der Waals surface area (Å²) in [6.07, 6.45) is 0. The van der Waals surface area contributed by atoms with Gasteiger partial charge in [-0.1, -0.05) is 0 Å². The molecule has 0 aromatic carbocycles. The second-order valence-electron chi connectivity index (χ2n) is 3.95. The Hall–Kier alpha value is 12.7. The highest BCUT2D eigenvalue weighted by Gasteiger charge is 1.47. The molecule has 384 valence electrons. The monoisotopic (exact) mass is 1970 g/mol. The highest BCUT2D eigenvalue weighted by molar-refractivity contribution is 8.83. The van der Waals surface area contributed by atoms with Crippen LogP contribution in [-0.4, -0.2) is 0 Å².